The lowest BCUT2D eigenvalue weighted by atomic mass is 9.74. The van der Waals surface area contributed by atoms with Crippen LogP contribution in [0.2, 0.25) is 0 Å². The van der Waals surface area contributed by atoms with Crippen molar-refractivity contribution in [2.75, 3.05) is 7.05 Å². The van der Waals surface area contributed by atoms with Gasteiger partial charge in [0.05, 0.1) is 6.54 Å². The Kier molecular flexibility index (Phi) is 3.27. The first-order chi connectivity index (χ1) is 13.4. The van der Waals surface area contributed by atoms with Crippen molar-refractivity contribution in [3.63, 3.8) is 0 Å². The molecular formula is C24H27N3O. The van der Waals surface area contributed by atoms with E-state index >= 15 is 0 Å². The van der Waals surface area contributed by atoms with E-state index in [2.05, 4.69) is 52.7 Å². The third-order valence-electron chi connectivity index (χ3n) is 7.50. The number of fused-ring (bicyclic) bond motifs is 7. The fourth-order valence-corrected chi connectivity index (χ4v) is 6.04. The topological polar surface area (TPSA) is 41.3 Å². The summed E-state index contributed by atoms with van der Waals surface area (Å²) in [5.74, 6) is 0. The van der Waals surface area contributed by atoms with Gasteiger partial charge in [0.1, 0.15) is 5.60 Å². The highest BCUT2D eigenvalue weighted by molar-refractivity contribution is 5.87. The van der Waals surface area contributed by atoms with E-state index in [9.17, 15) is 5.11 Å². The second-order valence-electron chi connectivity index (χ2n) is 9.27. The fraction of sp³-hybridized carbons (Fsp3) is 0.458. The summed E-state index contributed by atoms with van der Waals surface area (Å²) in [6.45, 7) is 4.82. The van der Waals surface area contributed by atoms with Gasteiger partial charge < -0.3 is 9.67 Å². The molecule has 1 aliphatic carbocycles. The number of likely N-dealkylation sites (N-methyl/N-ethyl adjacent to an activating group) is 1. The largest absolute Gasteiger partial charge is 0.383 e. The van der Waals surface area contributed by atoms with E-state index < -0.39 is 5.60 Å². The van der Waals surface area contributed by atoms with Crippen molar-refractivity contribution in [1.29, 1.82) is 0 Å². The average molecular weight is 374 g/mol. The van der Waals surface area contributed by atoms with E-state index in [0.29, 0.717) is 18.6 Å². The Morgan fingerprint density at radius 3 is 2.89 bits per heavy atom. The standard InChI is InChI=1S/C24H27N3O/c1-14-4-6-20-18(8-14)23-21-7-5-17(26(21)3)10-22(23)27(20)13-24(28)11-16-9-15(2)25-12-19(16)24/h4,6,8-9,12,17,21,28H,5,7,10-11,13H2,1-3H3. The van der Waals surface area contributed by atoms with Crippen molar-refractivity contribution < 1.29 is 5.11 Å². The maximum absolute atomic E-state index is 11.5. The summed E-state index contributed by atoms with van der Waals surface area (Å²) in [4.78, 5) is 7.02. The maximum atomic E-state index is 11.5. The Hall–Kier alpha value is -2.17. The van der Waals surface area contributed by atoms with Crippen LogP contribution in [-0.4, -0.2) is 32.6 Å². The second-order valence-corrected chi connectivity index (χ2v) is 9.27. The van der Waals surface area contributed by atoms with Gasteiger partial charge >= 0.3 is 0 Å². The quantitative estimate of drug-likeness (QED) is 0.743. The molecule has 4 heterocycles. The second kappa shape index (κ2) is 5.46. The number of aryl methyl sites for hydroxylation is 2. The molecule has 2 bridgehead atoms. The maximum Gasteiger partial charge on any atom is 0.113 e. The molecule has 0 radical (unpaired) electrons. The van der Waals surface area contributed by atoms with Crippen LogP contribution in [0.15, 0.2) is 30.5 Å². The van der Waals surface area contributed by atoms with Crippen molar-refractivity contribution in [3.05, 3.63) is 64.1 Å². The monoisotopic (exact) mass is 373 g/mol. The van der Waals surface area contributed by atoms with Crippen LogP contribution in [0.4, 0.5) is 0 Å². The van der Waals surface area contributed by atoms with Gasteiger partial charge in [0.25, 0.3) is 0 Å². The summed E-state index contributed by atoms with van der Waals surface area (Å²) in [5, 5.41) is 12.9. The first-order valence-corrected chi connectivity index (χ1v) is 10.5. The molecule has 1 saturated heterocycles. The van der Waals surface area contributed by atoms with Gasteiger partial charge in [-0.2, -0.15) is 0 Å². The zero-order valence-electron chi connectivity index (χ0n) is 16.9. The molecule has 0 saturated carbocycles. The predicted octanol–water partition coefficient (Wildman–Crippen LogP) is 3.79. The average Bonchev–Trinajstić information content (AvgIpc) is 3.05. The number of aliphatic hydroxyl groups is 1. The summed E-state index contributed by atoms with van der Waals surface area (Å²) in [7, 11) is 2.29. The zero-order valence-corrected chi connectivity index (χ0v) is 16.9. The van der Waals surface area contributed by atoms with Crippen LogP contribution >= 0.6 is 0 Å². The number of nitrogens with zero attached hydrogens (tertiary/aromatic N) is 3. The molecule has 4 heteroatoms. The van der Waals surface area contributed by atoms with Crippen molar-refractivity contribution >= 4 is 10.9 Å². The molecular weight excluding hydrogens is 346 g/mol. The van der Waals surface area contributed by atoms with Gasteiger partial charge in [-0.25, -0.2) is 0 Å². The molecule has 3 aromatic rings. The molecule has 28 heavy (non-hydrogen) atoms. The molecule has 2 aromatic heterocycles. The highest BCUT2D eigenvalue weighted by Crippen LogP contribution is 2.48. The minimum absolute atomic E-state index is 0.520. The number of pyridine rings is 1. The fourth-order valence-electron chi connectivity index (χ4n) is 6.04. The number of rotatable bonds is 2. The molecule has 1 aromatic carbocycles. The SMILES string of the molecule is Cc1ccc2c(c1)c1c(n2CC2(O)Cc3cc(C)ncc32)CC2CCC1N2C. The molecule has 1 N–H and O–H groups in total. The van der Waals surface area contributed by atoms with E-state index in [1.54, 1.807) is 0 Å². The summed E-state index contributed by atoms with van der Waals surface area (Å²) < 4.78 is 2.44. The van der Waals surface area contributed by atoms with Crippen molar-refractivity contribution in [3.8, 4) is 0 Å². The van der Waals surface area contributed by atoms with Crippen molar-refractivity contribution in [1.82, 2.24) is 14.5 Å². The third-order valence-corrected chi connectivity index (χ3v) is 7.50. The molecule has 144 valence electrons. The zero-order chi connectivity index (χ0) is 19.2. The number of aromatic nitrogens is 2. The molecule has 2 aliphatic heterocycles. The van der Waals surface area contributed by atoms with Crippen LogP contribution in [0.3, 0.4) is 0 Å². The molecule has 3 atom stereocenters. The first kappa shape index (κ1) is 16.8. The smallest absolute Gasteiger partial charge is 0.113 e. The van der Waals surface area contributed by atoms with Gasteiger partial charge in [-0.05, 0) is 63.1 Å². The van der Waals surface area contributed by atoms with Gasteiger partial charge in [0.2, 0.25) is 0 Å². The molecule has 6 rings (SSSR count). The Morgan fingerprint density at radius 1 is 1.21 bits per heavy atom. The van der Waals surface area contributed by atoms with Gasteiger partial charge in [-0.1, -0.05) is 11.6 Å². The summed E-state index contributed by atoms with van der Waals surface area (Å²) in [6.07, 6.45) is 6.22. The molecule has 0 amide bonds. The normalized spacial score (nSPS) is 28.3. The summed E-state index contributed by atoms with van der Waals surface area (Å²) >= 11 is 0. The molecule has 1 fully saturated rings. The lowest BCUT2D eigenvalue weighted by Crippen LogP contribution is -2.43. The minimum Gasteiger partial charge on any atom is -0.383 e. The van der Waals surface area contributed by atoms with Gasteiger partial charge in [-0.15, -0.1) is 0 Å². The molecule has 4 nitrogen and oxygen atoms in total. The Balaban J connectivity index is 1.51. The number of hydrogen-bond acceptors (Lipinski definition) is 3. The van der Waals surface area contributed by atoms with Crippen LogP contribution in [0.5, 0.6) is 0 Å². The third kappa shape index (κ3) is 2.10. The van der Waals surface area contributed by atoms with Crippen molar-refractivity contribution in [2.45, 2.75) is 63.8 Å². The molecule has 3 aliphatic rings. The van der Waals surface area contributed by atoms with E-state index in [1.165, 1.54) is 46.1 Å². The van der Waals surface area contributed by atoms with Crippen molar-refractivity contribution in [2.24, 2.45) is 0 Å². The summed E-state index contributed by atoms with van der Waals surface area (Å²) in [6, 6.07) is 10.1. The summed E-state index contributed by atoms with van der Waals surface area (Å²) in [5.41, 5.74) is 8.03. The molecule has 0 spiro atoms. The van der Waals surface area contributed by atoms with E-state index in [-0.39, 0.29) is 0 Å². The highest BCUT2D eigenvalue weighted by atomic mass is 16.3. The van der Waals surface area contributed by atoms with E-state index in [0.717, 1.165) is 24.1 Å². The lowest BCUT2D eigenvalue weighted by Gasteiger charge is -2.41. The first-order valence-electron chi connectivity index (χ1n) is 10.5. The van der Waals surface area contributed by atoms with Crippen LogP contribution in [0.25, 0.3) is 10.9 Å². The Morgan fingerprint density at radius 2 is 2.07 bits per heavy atom. The van der Waals surface area contributed by atoms with Gasteiger partial charge in [0, 0.05) is 59.0 Å². The Bertz CT molecular complexity index is 1130. The molecule has 3 unspecified atom stereocenters. The Labute approximate surface area is 165 Å². The predicted molar refractivity (Wildman–Crippen MR) is 110 cm³/mol. The highest BCUT2D eigenvalue weighted by Gasteiger charge is 2.45. The van der Waals surface area contributed by atoms with Crippen LogP contribution in [-0.2, 0) is 25.0 Å². The van der Waals surface area contributed by atoms with Crippen LogP contribution in [0.1, 0.15) is 52.5 Å². The number of benzene rings is 1. The van der Waals surface area contributed by atoms with Gasteiger partial charge in [0.15, 0.2) is 0 Å². The van der Waals surface area contributed by atoms with Gasteiger partial charge in [-0.3, -0.25) is 9.88 Å². The van der Waals surface area contributed by atoms with Crippen LogP contribution < -0.4 is 0 Å². The van der Waals surface area contributed by atoms with Crippen LogP contribution in [0, 0.1) is 13.8 Å². The van der Waals surface area contributed by atoms with E-state index in [4.69, 9.17) is 0 Å². The lowest BCUT2D eigenvalue weighted by molar-refractivity contribution is -0.00516. The van der Waals surface area contributed by atoms with E-state index in [1.807, 2.05) is 13.1 Å². The number of hydrogen-bond donors (Lipinski definition) is 1. The minimum atomic E-state index is -0.803.